The summed E-state index contributed by atoms with van der Waals surface area (Å²) in [4.78, 5) is 28.2. The normalized spacial score (nSPS) is 12.0. The van der Waals surface area contributed by atoms with Gasteiger partial charge in [-0.3, -0.25) is 9.59 Å². The second kappa shape index (κ2) is 8.50. The summed E-state index contributed by atoms with van der Waals surface area (Å²) in [5, 5.41) is 7.14. The molecule has 25 heavy (non-hydrogen) atoms. The molecule has 1 unspecified atom stereocenters. The topological polar surface area (TPSA) is 93.8 Å². The first kappa shape index (κ1) is 18.8. The number of halogens is 2. The average Bonchev–Trinajstić information content (AvgIpc) is 2.59. The molecule has 0 aliphatic rings. The molecule has 0 saturated heterocycles. The molecule has 0 fully saturated rings. The fourth-order valence-corrected chi connectivity index (χ4v) is 2.16. The zero-order chi connectivity index (χ0) is 18.4. The summed E-state index contributed by atoms with van der Waals surface area (Å²) in [7, 11) is 0. The van der Waals surface area contributed by atoms with Crippen LogP contribution in [0, 0.1) is 0 Å². The predicted octanol–water partition coefficient (Wildman–Crippen LogP) is 3.47. The van der Waals surface area contributed by atoms with E-state index in [0.29, 0.717) is 26.9 Å². The van der Waals surface area contributed by atoms with Crippen LogP contribution in [0.3, 0.4) is 0 Å². The number of anilines is 1. The molecule has 0 aromatic heterocycles. The molecule has 2 amide bonds. The molecule has 8 heteroatoms. The van der Waals surface area contributed by atoms with Gasteiger partial charge in [0.25, 0.3) is 5.91 Å². The third-order valence-electron chi connectivity index (χ3n) is 3.20. The zero-order valence-electron chi connectivity index (χ0n) is 13.2. The smallest absolute Gasteiger partial charge is 0.267 e. The average molecular weight is 380 g/mol. The number of carbonyl (C=O) groups excluding carboxylic acids is 2. The first-order valence-corrected chi connectivity index (χ1v) is 7.98. The molecule has 0 heterocycles. The molecule has 2 aromatic rings. The van der Waals surface area contributed by atoms with Crippen LogP contribution in [-0.4, -0.2) is 24.1 Å². The van der Waals surface area contributed by atoms with Crippen LogP contribution in [0.25, 0.3) is 0 Å². The highest BCUT2D eigenvalue weighted by Crippen LogP contribution is 2.24. The second-order valence-electron chi connectivity index (χ2n) is 5.06. The van der Waals surface area contributed by atoms with Crippen LogP contribution in [0.2, 0.25) is 10.0 Å². The third kappa shape index (κ3) is 5.20. The van der Waals surface area contributed by atoms with E-state index in [1.54, 1.807) is 37.3 Å². The van der Waals surface area contributed by atoms with Crippen LogP contribution in [0.1, 0.15) is 22.8 Å². The molecular formula is C17H15Cl2N3O3. The highest BCUT2D eigenvalue weighted by Gasteiger charge is 2.14. The van der Waals surface area contributed by atoms with Crippen molar-refractivity contribution in [3.8, 4) is 0 Å². The first-order chi connectivity index (χ1) is 11.9. The Kier molecular flexibility index (Phi) is 6.38. The standard InChI is InChI=1S/C17H15Cl2N3O3/c1-10(25-21-9-12-3-2-4-14(18)15(12)19)17(24)22-13-7-5-11(6-8-13)16(20)23/h2-10H,1H3,(H2,20,23)(H,22,24). The van der Waals surface area contributed by atoms with E-state index in [1.165, 1.54) is 18.3 Å². The van der Waals surface area contributed by atoms with Crippen LogP contribution in [0.4, 0.5) is 5.69 Å². The van der Waals surface area contributed by atoms with Crippen molar-refractivity contribution in [2.45, 2.75) is 13.0 Å². The maximum atomic E-state index is 12.0. The van der Waals surface area contributed by atoms with Gasteiger partial charge in [0.15, 0.2) is 0 Å². The lowest BCUT2D eigenvalue weighted by Gasteiger charge is -2.10. The molecule has 3 N–H and O–H groups in total. The Morgan fingerprint density at radius 3 is 2.52 bits per heavy atom. The lowest BCUT2D eigenvalue weighted by atomic mass is 10.2. The van der Waals surface area contributed by atoms with Crippen molar-refractivity contribution in [1.29, 1.82) is 0 Å². The number of nitrogens with two attached hydrogens (primary N) is 1. The van der Waals surface area contributed by atoms with Gasteiger partial charge in [-0.25, -0.2) is 0 Å². The van der Waals surface area contributed by atoms with Crippen molar-refractivity contribution >= 4 is 46.9 Å². The Morgan fingerprint density at radius 2 is 1.88 bits per heavy atom. The van der Waals surface area contributed by atoms with Crippen molar-refractivity contribution in [2.75, 3.05) is 5.32 Å². The number of carbonyl (C=O) groups is 2. The monoisotopic (exact) mass is 379 g/mol. The van der Waals surface area contributed by atoms with Crippen molar-refractivity contribution in [3.63, 3.8) is 0 Å². The summed E-state index contributed by atoms with van der Waals surface area (Å²) < 4.78 is 0. The van der Waals surface area contributed by atoms with Crippen molar-refractivity contribution in [3.05, 3.63) is 63.6 Å². The number of nitrogens with zero attached hydrogens (tertiary/aromatic N) is 1. The fourth-order valence-electron chi connectivity index (χ4n) is 1.81. The second-order valence-corrected chi connectivity index (χ2v) is 5.84. The molecule has 0 spiro atoms. The van der Waals surface area contributed by atoms with E-state index in [0.717, 1.165) is 0 Å². The molecule has 2 rings (SSSR count). The Balaban J connectivity index is 1.92. The maximum absolute atomic E-state index is 12.0. The summed E-state index contributed by atoms with van der Waals surface area (Å²) in [6.45, 7) is 1.55. The number of benzene rings is 2. The molecule has 2 aromatic carbocycles. The van der Waals surface area contributed by atoms with Gasteiger partial charge in [-0.2, -0.15) is 0 Å². The number of amides is 2. The number of oxime groups is 1. The minimum Gasteiger partial charge on any atom is -0.383 e. The van der Waals surface area contributed by atoms with Gasteiger partial charge >= 0.3 is 0 Å². The molecule has 6 nitrogen and oxygen atoms in total. The summed E-state index contributed by atoms with van der Waals surface area (Å²) in [5.41, 5.74) is 6.59. The molecular weight excluding hydrogens is 365 g/mol. The largest absolute Gasteiger partial charge is 0.383 e. The van der Waals surface area contributed by atoms with Gasteiger partial charge in [-0.1, -0.05) is 40.5 Å². The number of primary amides is 1. The van der Waals surface area contributed by atoms with Gasteiger partial charge in [-0.05, 0) is 37.3 Å². The van der Waals surface area contributed by atoms with Crippen molar-refractivity contribution < 1.29 is 14.4 Å². The highest BCUT2D eigenvalue weighted by atomic mass is 35.5. The van der Waals surface area contributed by atoms with Gasteiger partial charge in [0.1, 0.15) is 0 Å². The van der Waals surface area contributed by atoms with Gasteiger partial charge in [0, 0.05) is 16.8 Å². The maximum Gasteiger partial charge on any atom is 0.267 e. The predicted molar refractivity (Wildman–Crippen MR) is 98.2 cm³/mol. The molecule has 0 radical (unpaired) electrons. The van der Waals surface area contributed by atoms with Crippen LogP contribution in [-0.2, 0) is 9.63 Å². The van der Waals surface area contributed by atoms with E-state index in [2.05, 4.69) is 10.5 Å². The van der Waals surface area contributed by atoms with Crippen molar-refractivity contribution in [1.82, 2.24) is 0 Å². The minimum atomic E-state index is -0.843. The van der Waals surface area contributed by atoms with Crippen LogP contribution in [0.15, 0.2) is 47.6 Å². The van der Waals surface area contributed by atoms with Gasteiger partial charge in [-0.15, -0.1) is 0 Å². The van der Waals surface area contributed by atoms with Gasteiger partial charge in [0.05, 0.1) is 16.3 Å². The van der Waals surface area contributed by atoms with E-state index >= 15 is 0 Å². The summed E-state index contributed by atoms with van der Waals surface area (Å²) in [5.74, 6) is -0.940. The fraction of sp³-hybridized carbons (Fsp3) is 0.118. The summed E-state index contributed by atoms with van der Waals surface area (Å²) >= 11 is 11.9. The summed E-state index contributed by atoms with van der Waals surface area (Å²) in [6.07, 6.45) is 0.532. The Bertz CT molecular complexity index is 807. The van der Waals surface area contributed by atoms with Crippen LogP contribution < -0.4 is 11.1 Å². The van der Waals surface area contributed by atoms with E-state index < -0.39 is 17.9 Å². The Labute approximate surface area is 154 Å². The first-order valence-electron chi connectivity index (χ1n) is 7.22. The molecule has 1 atom stereocenters. The van der Waals surface area contributed by atoms with Crippen LogP contribution >= 0.6 is 23.2 Å². The van der Waals surface area contributed by atoms with E-state index in [4.69, 9.17) is 33.8 Å². The Hall–Kier alpha value is -2.57. The van der Waals surface area contributed by atoms with E-state index in [-0.39, 0.29) is 0 Å². The number of hydrogen-bond donors (Lipinski definition) is 2. The minimum absolute atomic E-state index is 0.350. The summed E-state index contributed by atoms with van der Waals surface area (Å²) in [6, 6.07) is 11.3. The lowest BCUT2D eigenvalue weighted by Crippen LogP contribution is -2.26. The molecule has 0 aliphatic heterocycles. The SMILES string of the molecule is CC(ON=Cc1cccc(Cl)c1Cl)C(=O)Nc1ccc(C(N)=O)cc1. The van der Waals surface area contributed by atoms with E-state index in [9.17, 15) is 9.59 Å². The molecule has 130 valence electrons. The highest BCUT2D eigenvalue weighted by molar-refractivity contribution is 6.43. The molecule has 0 bridgehead atoms. The number of rotatable bonds is 6. The third-order valence-corrected chi connectivity index (χ3v) is 4.03. The Morgan fingerprint density at radius 1 is 1.20 bits per heavy atom. The molecule has 0 saturated carbocycles. The molecule has 0 aliphatic carbocycles. The van der Waals surface area contributed by atoms with E-state index in [1.807, 2.05) is 0 Å². The number of nitrogens with one attached hydrogen (secondary N) is 1. The van der Waals surface area contributed by atoms with Gasteiger partial charge in [0.2, 0.25) is 12.0 Å². The quantitative estimate of drug-likeness (QED) is 0.594. The zero-order valence-corrected chi connectivity index (χ0v) is 14.7. The number of hydrogen-bond acceptors (Lipinski definition) is 4. The van der Waals surface area contributed by atoms with Crippen molar-refractivity contribution in [2.24, 2.45) is 10.9 Å². The van der Waals surface area contributed by atoms with Gasteiger partial charge < -0.3 is 15.9 Å². The lowest BCUT2D eigenvalue weighted by molar-refractivity contribution is -0.126. The van der Waals surface area contributed by atoms with Crippen LogP contribution in [0.5, 0.6) is 0 Å².